The fraction of sp³-hybridized carbons (Fsp3) is 0.462. The van der Waals surface area contributed by atoms with Gasteiger partial charge in [0.1, 0.15) is 0 Å². The number of anilines is 1. The smallest absolute Gasteiger partial charge is 0.220 e. The molecule has 0 saturated heterocycles. The second-order valence-electron chi connectivity index (χ2n) is 3.94. The molecule has 0 saturated carbocycles. The molecule has 1 rings (SSSR count). The first-order chi connectivity index (χ1) is 8.22. The summed E-state index contributed by atoms with van der Waals surface area (Å²) in [5, 5.41) is 2.92. The minimum Gasteiger partial charge on any atom is -0.399 e. The molecule has 0 atom stereocenters. The zero-order valence-corrected chi connectivity index (χ0v) is 11.1. The van der Waals surface area contributed by atoms with Gasteiger partial charge >= 0.3 is 0 Å². The van der Waals surface area contributed by atoms with Crippen molar-refractivity contribution in [1.82, 2.24) is 5.32 Å². The van der Waals surface area contributed by atoms with Gasteiger partial charge in [-0.3, -0.25) is 4.79 Å². The van der Waals surface area contributed by atoms with Crippen LogP contribution < -0.4 is 11.1 Å². The van der Waals surface area contributed by atoms with E-state index in [-0.39, 0.29) is 5.91 Å². The molecule has 0 aromatic heterocycles. The third-order valence-electron chi connectivity index (χ3n) is 2.44. The Morgan fingerprint density at radius 3 is 3.00 bits per heavy atom. The number of amides is 1. The second-order valence-corrected chi connectivity index (χ2v) is 4.93. The fourth-order valence-corrected chi connectivity index (χ4v) is 1.97. The van der Waals surface area contributed by atoms with Crippen molar-refractivity contribution in [3.05, 3.63) is 29.8 Å². The predicted octanol–water partition coefficient (Wildman–Crippen LogP) is 2.07. The largest absolute Gasteiger partial charge is 0.399 e. The number of benzene rings is 1. The number of thioether (sulfide) groups is 1. The molecule has 1 aromatic carbocycles. The summed E-state index contributed by atoms with van der Waals surface area (Å²) >= 11 is 1.80. The Morgan fingerprint density at radius 2 is 2.29 bits per heavy atom. The molecule has 94 valence electrons. The molecule has 4 heteroatoms. The van der Waals surface area contributed by atoms with Gasteiger partial charge in [-0.1, -0.05) is 12.1 Å². The van der Waals surface area contributed by atoms with Crippen molar-refractivity contribution in [3.8, 4) is 0 Å². The molecule has 0 fully saturated rings. The van der Waals surface area contributed by atoms with Gasteiger partial charge in [-0.05, 0) is 42.5 Å². The van der Waals surface area contributed by atoms with E-state index in [0.717, 1.165) is 36.4 Å². The molecular formula is C13H20N2OS. The van der Waals surface area contributed by atoms with Crippen LogP contribution in [0.15, 0.2) is 24.3 Å². The van der Waals surface area contributed by atoms with Gasteiger partial charge in [0.25, 0.3) is 0 Å². The van der Waals surface area contributed by atoms with Crippen molar-refractivity contribution in [2.24, 2.45) is 0 Å². The molecule has 0 aliphatic heterocycles. The molecule has 1 amide bonds. The predicted molar refractivity (Wildman–Crippen MR) is 75.2 cm³/mol. The molecule has 3 nitrogen and oxygen atoms in total. The average molecular weight is 252 g/mol. The van der Waals surface area contributed by atoms with Crippen molar-refractivity contribution < 1.29 is 4.79 Å². The Labute approximate surface area is 107 Å². The van der Waals surface area contributed by atoms with Crippen molar-refractivity contribution >= 4 is 23.4 Å². The average Bonchev–Trinajstić information content (AvgIpc) is 2.32. The highest BCUT2D eigenvalue weighted by Crippen LogP contribution is 2.08. The summed E-state index contributed by atoms with van der Waals surface area (Å²) in [6, 6.07) is 7.69. The molecule has 17 heavy (non-hydrogen) atoms. The van der Waals surface area contributed by atoms with Crippen LogP contribution in [0.25, 0.3) is 0 Å². The Bertz CT molecular complexity index is 355. The number of hydrogen-bond acceptors (Lipinski definition) is 3. The monoisotopic (exact) mass is 252 g/mol. The number of carbonyl (C=O) groups is 1. The maximum absolute atomic E-state index is 11.5. The SMILES string of the molecule is CSCCCNC(=O)CCc1cccc(N)c1. The van der Waals surface area contributed by atoms with Gasteiger partial charge in [0, 0.05) is 18.7 Å². The summed E-state index contributed by atoms with van der Waals surface area (Å²) in [4.78, 5) is 11.5. The zero-order chi connectivity index (χ0) is 12.5. The molecule has 0 aliphatic rings. The molecular weight excluding hydrogens is 232 g/mol. The molecule has 0 radical (unpaired) electrons. The molecule has 3 N–H and O–H groups in total. The molecule has 0 aliphatic carbocycles. The van der Waals surface area contributed by atoms with E-state index in [4.69, 9.17) is 5.73 Å². The van der Waals surface area contributed by atoms with E-state index in [2.05, 4.69) is 11.6 Å². The number of nitrogens with two attached hydrogens (primary N) is 1. The van der Waals surface area contributed by atoms with Crippen LogP contribution in [0.3, 0.4) is 0 Å². The van der Waals surface area contributed by atoms with Crippen LogP contribution in [0, 0.1) is 0 Å². The van der Waals surface area contributed by atoms with Crippen LogP contribution in [0.4, 0.5) is 5.69 Å². The third kappa shape index (κ3) is 6.22. The lowest BCUT2D eigenvalue weighted by Gasteiger charge is -2.05. The van der Waals surface area contributed by atoms with Crippen LogP contribution in [0.5, 0.6) is 0 Å². The maximum atomic E-state index is 11.5. The van der Waals surface area contributed by atoms with E-state index in [1.54, 1.807) is 11.8 Å². The van der Waals surface area contributed by atoms with Crippen LogP contribution >= 0.6 is 11.8 Å². The maximum Gasteiger partial charge on any atom is 0.220 e. The first-order valence-electron chi connectivity index (χ1n) is 5.82. The number of nitrogens with one attached hydrogen (secondary N) is 1. The lowest BCUT2D eigenvalue weighted by molar-refractivity contribution is -0.121. The highest BCUT2D eigenvalue weighted by atomic mass is 32.2. The lowest BCUT2D eigenvalue weighted by Crippen LogP contribution is -2.24. The summed E-state index contributed by atoms with van der Waals surface area (Å²) in [6.07, 6.45) is 4.38. The Hall–Kier alpha value is -1.16. The number of rotatable bonds is 7. The van der Waals surface area contributed by atoms with E-state index in [9.17, 15) is 4.79 Å². The summed E-state index contributed by atoms with van der Waals surface area (Å²) in [5.41, 5.74) is 7.54. The topological polar surface area (TPSA) is 55.1 Å². The standard InChI is InChI=1S/C13H20N2OS/c1-17-9-3-8-15-13(16)7-6-11-4-2-5-12(14)10-11/h2,4-5,10H,3,6-9,14H2,1H3,(H,15,16). The second kappa shape index (κ2) is 8.01. The van der Waals surface area contributed by atoms with Gasteiger partial charge in [0.2, 0.25) is 5.91 Å². The highest BCUT2D eigenvalue weighted by molar-refractivity contribution is 7.98. The number of aryl methyl sites for hydroxylation is 1. The minimum atomic E-state index is 0.119. The quantitative estimate of drug-likeness (QED) is 0.577. The van der Waals surface area contributed by atoms with Crippen LogP contribution in [-0.4, -0.2) is 24.5 Å². The highest BCUT2D eigenvalue weighted by Gasteiger charge is 2.01. The van der Waals surface area contributed by atoms with Gasteiger partial charge in [0.05, 0.1) is 0 Å². The van der Waals surface area contributed by atoms with E-state index >= 15 is 0 Å². The van der Waals surface area contributed by atoms with Gasteiger partial charge in [-0.25, -0.2) is 0 Å². The third-order valence-corrected chi connectivity index (χ3v) is 3.14. The summed E-state index contributed by atoms with van der Waals surface area (Å²) in [7, 11) is 0. The number of carbonyl (C=O) groups excluding carboxylic acids is 1. The summed E-state index contributed by atoms with van der Waals surface area (Å²) < 4.78 is 0. The van der Waals surface area contributed by atoms with E-state index in [1.165, 1.54) is 0 Å². The fourth-order valence-electron chi connectivity index (χ4n) is 1.54. The molecule has 0 bridgehead atoms. The van der Waals surface area contributed by atoms with E-state index < -0.39 is 0 Å². The molecule has 0 heterocycles. The van der Waals surface area contributed by atoms with Crippen molar-refractivity contribution in [3.63, 3.8) is 0 Å². The zero-order valence-electron chi connectivity index (χ0n) is 10.2. The van der Waals surface area contributed by atoms with Gasteiger partial charge < -0.3 is 11.1 Å². The van der Waals surface area contributed by atoms with Crippen molar-refractivity contribution in [2.75, 3.05) is 24.3 Å². The van der Waals surface area contributed by atoms with Crippen molar-refractivity contribution in [1.29, 1.82) is 0 Å². The van der Waals surface area contributed by atoms with Gasteiger partial charge in [-0.15, -0.1) is 0 Å². The summed E-state index contributed by atoms with van der Waals surface area (Å²) in [5.74, 6) is 1.21. The Kier molecular flexibility index (Phi) is 6.55. The first-order valence-corrected chi connectivity index (χ1v) is 7.22. The Morgan fingerprint density at radius 1 is 1.47 bits per heavy atom. The van der Waals surface area contributed by atoms with Crippen LogP contribution in [-0.2, 0) is 11.2 Å². The van der Waals surface area contributed by atoms with Gasteiger partial charge in [0.15, 0.2) is 0 Å². The van der Waals surface area contributed by atoms with Crippen LogP contribution in [0.1, 0.15) is 18.4 Å². The number of hydrogen-bond donors (Lipinski definition) is 2. The lowest BCUT2D eigenvalue weighted by atomic mass is 10.1. The van der Waals surface area contributed by atoms with E-state index in [1.807, 2.05) is 24.3 Å². The normalized spacial score (nSPS) is 10.2. The first kappa shape index (κ1) is 13.9. The molecule has 1 aromatic rings. The van der Waals surface area contributed by atoms with Crippen molar-refractivity contribution in [2.45, 2.75) is 19.3 Å². The van der Waals surface area contributed by atoms with Gasteiger partial charge in [-0.2, -0.15) is 11.8 Å². The number of nitrogen functional groups attached to an aromatic ring is 1. The Balaban J connectivity index is 2.19. The van der Waals surface area contributed by atoms with E-state index in [0.29, 0.717) is 6.42 Å². The molecule has 0 unspecified atom stereocenters. The van der Waals surface area contributed by atoms with Crippen LogP contribution in [0.2, 0.25) is 0 Å². The summed E-state index contributed by atoms with van der Waals surface area (Å²) in [6.45, 7) is 0.774. The minimum absolute atomic E-state index is 0.119. The molecule has 0 spiro atoms.